The van der Waals surface area contributed by atoms with E-state index in [0.717, 1.165) is 29.8 Å². The summed E-state index contributed by atoms with van der Waals surface area (Å²) in [5.74, 6) is 5.61. The SMILES string of the molecule is CC(C)(C)CCC(Cc1ccccc1Cl)NN. The van der Waals surface area contributed by atoms with Gasteiger partial charge < -0.3 is 0 Å². The fraction of sp³-hybridized carbons (Fsp3) is 0.571. The Morgan fingerprint density at radius 2 is 1.94 bits per heavy atom. The van der Waals surface area contributed by atoms with Crippen molar-refractivity contribution >= 4 is 11.6 Å². The van der Waals surface area contributed by atoms with Crippen LogP contribution in [0.25, 0.3) is 0 Å². The van der Waals surface area contributed by atoms with Gasteiger partial charge in [-0.15, -0.1) is 0 Å². The van der Waals surface area contributed by atoms with Crippen LogP contribution in [0.2, 0.25) is 5.02 Å². The molecule has 3 N–H and O–H groups in total. The molecule has 3 heteroatoms. The molecule has 0 fully saturated rings. The molecule has 0 spiro atoms. The van der Waals surface area contributed by atoms with Gasteiger partial charge in [-0.25, -0.2) is 0 Å². The van der Waals surface area contributed by atoms with Crippen molar-refractivity contribution in [2.75, 3.05) is 0 Å². The maximum atomic E-state index is 6.15. The van der Waals surface area contributed by atoms with Gasteiger partial charge in [0.05, 0.1) is 0 Å². The number of halogens is 1. The van der Waals surface area contributed by atoms with Gasteiger partial charge in [-0.2, -0.15) is 0 Å². The van der Waals surface area contributed by atoms with E-state index in [1.54, 1.807) is 0 Å². The molecule has 1 aromatic carbocycles. The summed E-state index contributed by atoms with van der Waals surface area (Å²) in [6, 6.07) is 8.23. The zero-order valence-electron chi connectivity index (χ0n) is 11.0. The zero-order chi connectivity index (χ0) is 12.9. The van der Waals surface area contributed by atoms with Crippen LogP contribution in [0.3, 0.4) is 0 Å². The third kappa shape index (κ3) is 5.53. The van der Waals surface area contributed by atoms with E-state index in [2.05, 4.69) is 32.3 Å². The van der Waals surface area contributed by atoms with Crippen LogP contribution in [0.1, 0.15) is 39.2 Å². The predicted octanol–water partition coefficient (Wildman–Crippen LogP) is 3.54. The summed E-state index contributed by atoms with van der Waals surface area (Å²) in [5.41, 5.74) is 4.39. The lowest BCUT2D eigenvalue weighted by Crippen LogP contribution is -2.37. The summed E-state index contributed by atoms with van der Waals surface area (Å²) < 4.78 is 0. The van der Waals surface area contributed by atoms with Crippen LogP contribution in [0.5, 0.6) is 0 Å². The highest BCUT2D eigenvalue weighted by Gasteiger charge is 2.15. The second kappa shape index (κ2) is 6.39. The Morgan fingerprint density at radius 1 is 1.29 bits per heavy atom. The molecule has 0 aliphatic heterocycles. The molecule has 0 radical (unpaired) electrons. The molecule has 1 unspecified atom stereocenters. The van der Waals surface area contributed by atoms with Crippen molar-refractivity contribution in [2.24, 2.45) is 11.3 Å². The maximum absolute atomic E-state index is 6.15. The predicted molar refractivity (Wildman–Crippen MR) is 75.0 cm³/mol. The van der Waals surface area contributed by atoms with E-state index in [9.17, 15) is 0 Å². The second-order valence-corrected chi connectivity index (χ2v) is 6.17. The van der Waals surface area contributed by atoms with Crippen LogP contribution < -0.4 is 11.3 Å². The normalized spacial score (nSPS) is 13.7. The minimum absolute atomic E-state index is 0.286. The molecule has 0 heterocycles. The van der Waals surface area contributed by atoms with Gasteiger partial charge in [0.2, 0.25) is 0 Å². The molecule has 0 aliphatic carbocycles. The molecule has 1 rings (SSSR count). The number of benzene rings is 1. The largest absolute Gasteiger partial charge is 0.271 e. The van der Waals surface area contributed by atoms with Crippen LogP contribution in [0.15, 0.2) is 24.3 Å². The Morgan fingerprint density at radius 3 is 2.47 bits per heavy atom. The summed E-state index contributed by atoms with van der Waals surface area (Å²) in [6.07, 6.45) is 3.09. The minimum atomic E-state index is 0.286. The number of nitrogens with one attached hydrogen (secondary N) is 1. The Labute approximate surface area is 110 Å². The lowest BCUT2D eigenvalue weighted by molar-refractivity contribution is 0.330. The van der Waals surface area contributed by atoms with Crippen molar-refractivity contribution in [1.82, 2.24) is 5.43 Å². The number of nitrogens with two attached hydrogens (primary N) is 1. The van der Waals surface area contributed by atoms with Crippen molar-refractivity contribution in [3.05, 3.63) is 34.9 Å². The third-order valence-electron chi connectivity index (χ3n) is 2.90. The van der Waals surface area contributed by atoms with Crippen LogP contribution >= 0.6 is 11.6 Å². The van der Waals surface area contributed by atoms with Crippen molar-refractivity contribution in [3.8, 4) is 0 Å². The topological polar surface area (TPSA) is 38.0 Å². The van der Waals surface area contributed by atoms with Crippen LogP contribution in [0.4, 0.5) is 0 Å². The molecule has 0 amide bonds. The summed E-state index contributed by atoms with van der Waals surface area (Å²) >= 11 is 6.15. The molecule has 0 saturated heterocycles. The molecule has 17 heavy (non-hydrogen) atoms. The number of hydrazine groups is 1. The minimum Gasteiger partial charge on any atom is -0.271 e. The van der Waals surface area contributed by atoms with E-state index in [4.69, 9.17) is 17.4 Å². The van der Waals surface area contributed by atoms with E-state index in [1.807, 2.05) is 18.2 Å². The van der Waals surface area contributed by atoms with Crippen molar-refractivity contribution in [3.63, 3.8) is 0 Å². The Balaban J connectivity index is 2.56. The monoisotopic (exact) mass is 254 g/mol. The van der Waals surface area contributed by atoms with Gasteiger partial charge in [-0.1, -0.05) is 50.6 Å². The first-order valence-electron chi connectivity index (χ1n) is 6.12. The van der Waals surface area contributed by atoms with Crippen LogP contribution in [0, 0.1) is 5.41 Å². The van der Waals surface area contributed by atoms with E-state index in [-0.39, 0.29) is 6.04 Å². The Hall–Kier alpha value is -0.570. The maximum Gasteiger partial charge on any atom is 0.0438 e. The molecule has 0 bridgehead atoms. The van der Waals surface area contributed by atoms with Crippen molar-refractivity contribution < 1.29 is 0 Å². The zero-order valence-corrected chi connectivity index (χ0v) is 11.7. The van der Waals surface area contributed by atoms with Crippen molar-refractivity contribution in [1.29, 1.82) is 0 Å². The summed E-state index contributed by atoms with van der Waals surface area (Å²) in [7, 11) is 0. The van der Waals surface area contributed by atoms with E-state index in [1.165, 1.54) is 0 Å². The highest BCUT2D eigenvalue weighted by molar-refractivity contribution is 6.31. The average molecular weight is 255 g/mol. The van der Waals surface area contributed by atoms with Gasteiger partial charge in [0, 0.05) is 11.1 Å². The fourth-order valence-corrected chi connectivity index (χ4v) is 1.99. The van der Waals surface area contributed by atoms with Gasteiger partial charge in [-0.05, 0) is 36.3 Å². The van der Waals surface area contributed by atoms with Crippen molar-refractivity contribution in [2.45, 2.75) is 46.1 Å². The number of hydrogen-bond acceptors (Lipinski definition) is 2. The number of rotatable bonds is 5. The Kier molecular flexibility index (Phi) is 5.44. The van der Waals surface area contributed by atoms with E-state index < -0.39 is 0 Å². The Bertz CT molecular complexity index is 344. The first-order chi connectivity index (χ1) is 7.92. The third-order valence-corrected chi connectivity index (χ3v) is 3.27. The standard InChI is InChI=1S/C14H23ClN2/c1-14(2,3)9-8-12(17-16)10-11-6-4-5-7-13(11)15/h4-7,12,17H,8-10,16H2,1-3H3. The van der Waals surface area contributed by atoms with Crippen LogP contribution in [-0.2, 0) is 6.42 Å². The van der Waals surface area contributed by atoms with Gasteiger partial charge in [0.25, 0.3) is 0 Å². The van der Waals surface area contributed by atoms with Crippen LogP contribution in [-0.4, -0.2) is 6.04 Å². The molecule has 0 aliphatic rings. The van der Waals surface area contributed by atoms with Gasteiger partial charge in [0.1, 0.15) is 0 Å². The molecule has 1 atom stereocenters. The van der Waals surface area contributed by atoms with Gasteiger partial charge in [-0.3, -0.25) is 11.3 Å². The van der Waals surface area contributed by atoms with Gasteiger partial charge in [0.15, 0.2) is 0 Å². The molecule has 0 aromatic heterocycles. The summed E-state index contributed by atoms with van der Waals surface area (Å²) in [5, 5.41) is 0.823. The quantitative estimate of drug-likeness (QED) is 0.623. The number of hydrogen-bond donors (Lipinski definition) is 2. The highest BCUT2D eigenvalue weighted by Crippen LogP contribution is 2.23. The lowest BCUT2D eigenvalue weighted by atomic mass is 9.87. The van der Waals surface area contributed by atoms with E-state index in [0.29, 0.717) is 5.41 Å². The summed E-state index contributed by atoms with van der Waals surface area (Å²) in [6.45, 7) is 6.74. The second-order valence-electron chi connectivity index (χ2n) is 5.76. The molecule has 0 saturated carbocycles. The molecular formula is C14H23ClN2. The molecule has 96 valence electrons. The van der Waals surface area contributed by atoms with Gasteiger partial charge >= 0.3 is 0 Å². The molecule has 2 nitrogen and oxygen atoms in total. The molecular weight excluding hydrogens is 232 g/mol. The summed E-state index contributed by atoms with van der Waals surface area (Å²) in [4.78, 5) is 0. The first kappa shape index (κ1) is 14.5. The van der Waals surface area contributed by atoms with E-state index >= 15 is 0 Å². The lowest BCUT2D eigenvalue weighted by Gasteiger charge is -2.23. The fourth-order valence-electron chi connectivity index (χ4n) is 1.78. The smallest absolute Gasteiger partial charge is 0.0438 e. The highest BCUT2D eigenvalue weighted by atomic mass is 35.5. The average Bonchev–Trinajstić information content (AvgIpc) is 2.25. The molecule has 1 aromatic rings. The first-order valence-corrected chi connectivity index (χ1v) is 6.50.